The van der Waals surface area contributed by atoms with E-state index in [0.717, 1.165) is 37.1 Å². The summed E-state index contributed by atoms with van der Waals surface area (Å²) >= 11 is 0. The monoisotopic (exact) mass is 533 g/mol. The number of sulfone groups is 1. The molecule has 3 aliphatic rings. The van der Waals surface area contributed by atoms with Gasteiger partial charge in [0, 0.05) is 6.04 Å². The molecular weight excluding hydrogens is 506 g/mol. The van der Waals surface area contributed by atoms with Crippen LogP contribution in [0, 0.1) is 11.7 Å². The Morgan fingerprint density at radius 2 is 1.64 bits per heavy atom. The van der Waals surface area contributed by atoms with Crippen molar-refractivity contribution in [3.63, 3.8) is 0 Å². The Kier molecular flexibility index (Phi) is 7.17. The Morgan fingerprint density at radius 3 is 2.14 bits per heavy atom. The fourth-order valence-corrected chi connectivity index (χ4v) is 5.90. The van der Waals surface area contributed by atoms with E-state index in [1.54, 1.807) is 0 Å². The number of benzene rings is 1. The topological polar surface area (TPSA) is 121 Å². The molecule has 0 bridgehead atoms. The summed E-state index contributed by atoms with van der Waals surface area (Å²) in [4.78, 5) is 38.0. The molecule has 0 spiro atoms. The summed E-state index contributed by atoms with van der Waals surface area (Å²) in [6, 6.07) is -1.03. The van der Waals surface area contributed by atoms with Crippen LogP contribution in [0.4, 0.5) is 17.6 Å². The van der Waals surface area contributed by atoms with Crippen molar-refractivity contribution in [2.75, 3.05) is 11.5 Å². The normalized spacial score (nSPS) is 20.8. The minimum atomic E-state index is -4.95. The van der Waals surface area contributed by atoms with E-state index < -0.39 is 68.4 Å². The van der Waals surface area contributed by atoms with Crippen LogP contribution in [0.1, 0.15) is 50.1 Å². The van der Waals surface area contributed by atoms with Crippen molar-refractivity contribution in [1.82, 2.24) is 16.0 Å². The third-order valence-electron chi connectivity index (χ3n) is 6.49. The van der Waals surface area contributed by atoms with Crippen molar-refractivity contribution >= 4 is 27.4 Å². The number of alkyl halides is 3. The molecule has 3 fully saturated rings. The molecule has 0 heterocycles. The van der Waals surface area contributed by atoms with Crippen LogP contribution < -0.4 is 16.0 Å². The van der Waals surface area contributed by atoms with Crippen LogP contribution >= 0.6 is 0 Å². The number of carbonyl (C=O) groups is 3. The first-order valence-corrected chi connectivity index (χ1v) is 13.6. The highest BCUT2D eigenvalue weighted by Gasteiger charge is 2.55. The van der Waals surface area contributed by atoms with Crippen LogP contribution in [-0.2, 0) is 24.2 Å². The molecule has 8 nitrogen and oxygen atoms in total. The van der Waals surface area contributed by atoms with Crippen LogP contribution in [0.25, 0.3) is 0 Å². The molecule has 3 saturated carbocycles. The van der Waals surface area contributed by atoms with Crippen molar-refractivity contribution in [2.45, 2.75) is 68.4 Å². The fourth-order valence-electron chi connectivity index (χ4n) is 3.95. The molecule has 0 aliphatic heterocycles. The van der Waals surface area contributed by atoms with Gasteiger partial charge >= 0.3 is 6.18 Å². The molecule has 1 aromatic carbocycles. The second-order valence-corrected chi connectivity index (χ2v) is 12.1. The van der Waals surface area contributed by atoms with Crippen molar-refractivity contribution in [1.29, 1.82) is 0 Å². The van der Waals surface area contributed by atoms with E-state index in [2.05, 4.69) is 16.0 Å². The van der Waals surface area contributed by atoms with Gasteiger partial charge in [0.1, 0.15) is 23.4 Å². The maximum Gasteiger partial charge on any atom is 0.407 e. The molecular formula is C23H27F4N3O5S. The largest absolute Gasteiger partial charge is 0.407 e. The van der Waals surface area contributed by atoms with Crippen molar-refractivity contribution in [3.8, 4) is 0 Å². The molecule has 2 atom stereocenters. The zero-order chi connectivity index (χ0) is 26.3. The maximum atomic E-state index is 14.0. The van der Waals surface area contributed by atoms with Gasteiger partial charge in [-0.1, -0.05) is 12.1 Å². The fraction of sp³-hybridized carbons (Fsp3) is 0.609. The Labute approximate surface area is 205 Å². The Balaban J connectivity index is 1.55. The number of nitrogens with one attached hydrogen (secondary N) is 3. The zero-order valence-electron chi connectivity index (χ0n) is 19.2. The van der Waals surface area contributed by atoms with Gasteiger partial charge in [-0.05, 0) is 62.1 Å². The third-order valence-corrected chi connectivity index (χ3v) is 8.31. The first kappa shape index (κ1) is 26.5. The number of Topliss-reactive ketones (excluding diaryl/α,β-unsaturated/α-hetero) is 1. The average molecular weight is 534 g/mol. The van der Waals surface area contributed by atoms with Crippen LogP contribution in [-0.4, -0.2) is 61.3 Å². The Bertz CT molecular complexity index is 1130. The number of rotatable bonds is 12. The zero-order valence-corrected chi connectivity index (χ0v) is 20.1. The van der Waals surface area contributed by atoms with Crippen LogP contribution in [0.3, 0.4) is 0 Å². The summed E-state index contributed by atoms with van der Waals surface area (Å²) < 4.78 is 80.5. The summed E-state index contributed by atoms with van der Waals surface area (Å²) in [7, 11) is -3.94. The number of hydrogen-bond acceptors (Lipinski definition) is 6. The molecule has 1 aromatic rings. The van der Waals surface area contributed by atoms with Crippen molar-refractivity contribution in [3.05, 3.63) is 35.6 Å². The van der Waals surface area contributed by atoms with Gasteiger partial charge in [0.15, 0.2) is 9.84 Å². The molecule has 2 amide bonds. The van der Waals surface area contributed by atoms with Gasteiger partial charge in [0.25, 0.3) is 5.91 Å². The predicted molar refractivity (Wildman–Crippen MR) is 120 cm³/mol. The first-order valence-electron chi connectivity index (χ1n) is 11.7. The van der Waals surface area contributed by atoms with E-state index >= 15 is 0 Å². The molecule has 1 unspecified atom stereocenters. The lowest BCUT2D eigenvalue weighted by molar-refractivity contribution is -0.160. The molecule has 4 rings (SSSR count). The molecule has 13 heteroatoms. The quantitative estimate of drug-likeness (QED) is 0.278. The summed E-state index contributed by atoms with van der Waals surface area (Å²) in [5.41, 5.74) is -1.98. The standard InChI is InChI=1S/C23H27F4N3O5S/c24-15-5-3-14(4-6-15)18(23(25,26)27)29-17(12-36(34,35)11-13-1-2-13)20(32)30-22(9-10-22)19(31)21(33)28-16-7-8-16/h3-6,13,16-18,29H,1-2,7-12H2,(H,28,33)(H,30,32)/t17?,18-/m0/s1. The summed E-state index contributed by atoms with van der Waals surface area (Å²) in [5.74, 6) is -4.98. The highest BCUT2D eigenvalue weighted by atomic mass is 32.2. The minimum Gasteiger partial charge on any atom is -0.347 e. The van der Waals surface area contributed by atoms with Crippen molar-refractivity contribution < 1.29 is 40.4 Å². The van der Waals surface area contributed by atoms with Gasteiger partial charge in [0.2, 0.25) is 11.7 Å². The summed E-state index contributed by atoms with van der Waals surface area (Å²) in [6.45, 7) is 0. The third kappa shape index (κ3) is 6.81. The van der Waals surface area contributed by atoms with Gasteiger partial charge in [-0.15, -0.1) is 0 Å². The van der Waals surface area contributed by atoms with E-state index in [-0.39, 0.29) is 30.6 Å². The number of amides is 2. The number of carbonyl (C=O) groups excluding carboxylic acids is 3. The lowest BCUT2D eigenvalue weighted by Crippen LogP contribution is -2.57. The SMILES string of the molecule is O=C(NC1CC1)C(=O)C1(NC(=O)C(CS(=O)(=O)CC2CC2)N[C@@H](c2ccc(F)cc2)C(F)(F)F)CC1. The van der Waals surface area contributed by atoms with Crippen LogP contribution in [0.15, 0.2) is 24.3 Å². The first-order chi connectivity index (χ1) is 16.8. The van der Waals surface area contributed by atoms with E-state index in [0.29, 0.717) is 12.8 Å². The Morgan fingerprint density at radius 1 is 1.03 bits per heavy atom. The highest BCUT2D eigenvalue weighted by molar-refractivity contribution is 7.91. The van der Waals surface area contributed by atoms with Crippen molar-refractivity contribution in [2.24, 2.45) is 5.92 Å². The number of hydrogen-bond donors (Lipinski definition) is 3. The highest BCUT2D eigenvalue weighted by Crippen LogP contribution is 2.38. The van der Waals surface area contributed by atoms with Gasteiger partial charge in [-0.2, -0.15) is 13.2 Å². The summed E-state index contributed by atoms with van der Waals surface area (Å²) in [5, 5.41) is 6.95. The van der Waals surface area contributed by atoms with Crippen LogP contribution in [0.2, 0.25) is 0 Å². The molecule has 198 valence electrons. The molecule has 36 heavy (non-hydrogen) atoms. The predicted octanol–water partition coefficient (Wildman–Crippen LogP) is 1.71. The number of halogens is 4. The number of ketones is 1. The molecule has 3 aliphatic carbocycles. The second kappa shape index (κ2) is 9.73. The molecule has 0 saturated heterocycles. The van der Waals surface area contributed by atoms with E-state index in [1.165, 1.54) is 0 Å². The second-order valence-electron chi connectivity index (χ2n) is 9.91. The average Bonchev–Trinajstić information content (AvgIpc) is 3.61. The summed E-state index contributed by atoms with van der Waals surface area (Å²) in [6.07, 6.45) is -1.92. The van der Waals surface area contributed by atoms with Gasteiger partial charge in [-0.3, -0.25) is 19.7 Å². The van der Waals surface area contributed by atoms with E-state index in [4.69, 9.17) is 0 Å². The molecule has 3 N–H and O–H groups in total. The molecule has 0 radical (unpaired) electrons. The smallest absolute Gasteiger partial charge is 0.347 e. The van der Waals surface area contributed by atoms with Gasteiger partial charge < -0.3 is 10.6 Å². The van der Waals surface area contributed by atoms with E-state index in [1.807, 2.05) is 0 Å². The lowest BCUT2D eigenvalue weighted by Gasteiger charge is -2.28. The molecule has 0 aromatic heterocycles. The van der Waals surface area contributed by atoms with E-state index in [9.17, 15) is 40.4 Å². The minimum absolute atomic E-state index is 0.100. The van der Waals surface area contributed by atoms with Gasteiger partial charge in [-0.25, -0.2) is 12.8 Å². The van der Waals surface area contributed by atoms with Gasteiger partial charge in [0.05, 0.1) is 11.5 Å². The Hall–Kier alpha value is -2.54. The lowest BCUT2D eigenvalue weighted by atomic mass is 10.0. The maximum absolute atomic E-state index is 14.0. The van der Waals surface area contributed by atoms with Crippen LogP contribution in [0.5, 0.6) is 0 Å².